The lowest BCUT2D eigenvalue weighted by molar-refractivity contribution is -0.274. The maximum Gasteiger partial charge on any atom is 0.573 e. The molecule has 7 heteroatoms. The molecule has 1 aromatic carbocycles. The van der Waals surface area contributed by atoms with E-state index in [1.54, 1.807) is 13.2 Å². The lowest BCUT2D eigenvalue weighted by atomic mass is 9.89. The summed E-state index contributed by atoms with van der Waals surface area (Å²) in [6, 6.07) is 4.48. The first-order chi connectivity index (χ1) is 12.0. The van der Waals surface area contributed by atoms with Gasteiger partial charge in [-0.05, 0) is 37.0 Å². The van der Waals surface area contributed by atoms with Crippen molar-refractivity contribution in [3.8, 4) is 11.5 Å². The fraction of sp³-hybridized carbons (Fsp3) is 0.667. The van der Waals surface area contributed by atoms with Gasteiger partial charge < -0.3 is 14.8 Å². The van der Waals surface area contributed by atoms with Crippen molar-refractivity contribution in [2.45, 2.75) is 38.1 Å². The summed E-state index contributed by atoms with van der Waals surface area (Å²) >= 11 is 0. The van der Waals surface area contributed by atoms with Crippen molar-refractivity contribution in [3.63, 3.8) is 0 Å². The molecule has 0 amide bonds. The van der Waals surface area contributed by atoms with Crippen molar-refractivity contribution in [1.82, 2.24) is 10.2 Å². The van der Waals surface area contributed by atoms with Gasteiger partial charge in [0, 0.05) is 37.8 Å². The number of nitrogens with one attached hydrogen (secondary N) is 1. The van der Waals surface area contributed by atoms with E-state index in [0.717, 1.165) is 44.6 Å². The third kappa shape index (κ3) is 4.58. The minimum atomic E-state index is -4.69. The molecule has 0 bridgehead atoms. The third-order valence-corrected chi connectivity index (χ3v) is 5.14. The molecule has 3 rings (SSSR count). The molecule has 0 radical (unpaired) electrons. The zero-order chi connectivity index (χ0) is 17.9. The Morgan fingerprint density at radius 1 is 1.16 bits per heavy atom. The molecule has 1 aromatic rings. The lowest BCUT2D eigenvalue weighted by Crippen LogP contribution is -2.46. The highest BCUT2D eigenvalue weighted by molar-refractivity contribution is 5.43. The van der Waals surface area contributed by atoms with Crippen molar-refractivity contribution in [2.24, 2.45) is 5.92 Å². The number of rotatable bonds is 5. The molecule has 0 aromatic heterocycles. The molecule has 0 spiro atoms. The number of methoxy groups -OCH3 is 1. The van der Waals surface area contributed by atoms with E-state index in [1.807, 2.05) is 0 Å². The molecule has 1 saturated heterocycles. The Morgan fingerprint density at radius 3 is 2.44 bits per heavy atom. The maximum atomic E-state index is 12.6. The summed E-state index contributed by atoms with van der Waals surface area (Å²) < 4.78 is 47.6. The van der Waals surface area contributed by atoms with Crippen molar-refractivity contribution in [2.75, 3.05) is 33.3 Å². The molecule has 1 aliphatic heterocycles. The molecule has 0 unspecified atom stereocenters. The Hall–Kier alpha value is -1.47. The van der Waals surface area contributed by atoms with Crippen molar-refractivity contribution < 1.29 is 22.6 Å². The van der Waals surface area contributed by atoms with E-state index >= 15 is 0 Å². The van der Waals surface area contributed by atoms with Crippen LogP contribution in [-0.2, 0) is 0 Å². The molecule has 2 fully saturated rings. The van der Waals surface area contributed by atoms with E-state index in [9.17, 15) is 13.2 Å². The van der Waals surface area contributed by atoms with Crippen LogP contribution in [0.4, 0.5) is 13.2 Å². The molecular formula is C18H25F3N2O2. The number of hydrogen-bond donors (Lipinski definition) is 1. The van der Waals surface area contributed by atoms with Crippen LogP contribution in [0.2, 0.25) is 0 Å². The number of alkyl halides is 3. The largest absolute Gasteiger partial charge is 0.573 e. The fourth-order valence-corrected chi connectivity index (χ4v) is 4.12. The van der Waals surface area contributed by atoms with Gasteiger partial charge in [-0.15, -0.1) is 13.2 Å². The van der Waals surface area contributed by atoms with Gasteiger partial charge in [-0.2, -0.15) is 0 Å². The van der Waals surface area contributed by atoms with Crippen LogP contribution in [0, 0.1) is 5.92 Å². The number of halogens is 3. The molecule has 1 N–H and O–H groups in total. The first kappa shape index (κ1) is 18.3. The Labute approximate surface area is 146 Å². The number of ether oxygens (including phenoxy) is 2. The van der Waals surface area contributed by atoms with Crippen LogP contribution in [0.3, 0.4) is 0 Å². The zero-order valence-electron chi connectivity index (χ0n) is 14.4. The molecule has 4 nitrogen and oxygen atoms in total. The monoisotopic (exact) mass is 358 g/mol. The van der Waals surface area contributed by atoms with Crippen LogP contribution in [0.25, 0.3) is 0 Å². The lowest BCUT2D eigenvalue weighted by Gasteiger charge is -2.39. The number of piperazine rings is 1. The van der Waals surface area contributed by atoms with Gasteiger partial charge in [-0.3, -0.25) is 4.90 Å². The van der Waals surface area contributed by atoms with Gasteiger partial charge in [0.05, 0.1) is 7.11 Å². The predicted octanol–water partition coefficient (Wildman–Crippen LogP) is 3.73. The van der Waals surface area contributed by atoms with Gasteiger partial charge in [0.25, 0.3) is 0 Å². The summed E-state index contributed by atoms with van der Waals surface area (Å²) in [6.07, 6.45) is -0.142. The van der Waals surface area contributed by atoms with Gasteiger partial charge in [0.2, 0.25) is 0 Å². The van der Waals surface area contributed by atoms with Gasteiger partial charge in [-0.25, -0.2) is 0 Å². The topological polar surface area (TPSA) is 33.7 Å². The summed E-state index contributed by atoms with van der Waals surface area (Å²) in [6.45, 7) is 3.55. The molecule has 25 heavy (non-hydrogen) atoms. The minimum Gasteiger partial charge on any atom is -0.496 e. The van der Waals surface area contributed by atoms with Crippen LogP contribution >= 0.6 is 0 Å². The zero-order valence-corrected chi connectivity index (χ0v) is 14.4. The first-order valence-corrected chi connectivity index (χ1v) is 8.86. The summed E-state index contributed by atoms with van der Waals surface area (Å²) in [5, 5.41) is 3.34. The molecule has 2 aliphatic rings. The molecule has 1 aliphatic carbocycles. The third-order valence-electron chi connectivity index (χ3n) is 5.14. The Kier molecular flexibility index (Phi) is 5.74. The van der Waals surface area contributed by atoms with Crippen molar-refractivity contribution in [1.29, 1.82) is 0 Å². The second-order valence-corrected chi connectivity index (χ2v) is 6.73. The van der Waals surface area contributed by atoms with Gasteiger partial charge in [0.15, 0.2) is 0 Å². The standard InChI is InChI=1S/C18H25F3N2O2/c1-24-16-7-6-14(25-18(19,20)21)12-15(16)17(13-4-2-3-5-13)23-10-8-22-9-11-23/h6-7,12-13,17,22H,2-5,8-11H2,1H3/t17-/m0/s1. The highest BCUT2D eigenvalue weighted by atomic mass is 19.4. The number of benzene rings is 1. The average molecular weight is 358 g/mol. The second kappa shape index (κ2) is 7.83. The van der Waals surface area contributed by atoms with Gasteiger partial charge in [-0.1, -0.05) is 12.8 Å². The maximum absolute atomic E-state index is 12.6. The summed E-state index contributed by atoms with van der Waals surface area (Å²) in [5.74, 6) is 0.888. The number of nitrogens with zero attached hydrogens (tertiary/aromatic N) is 1. The van der Waals surface area contributed by atoms with Crippen molar-refractivity contribution >= 4 is 0 Å². The van der Waals surface area contributed by atoms with E-state index in [4.69, 9.17) is 4.74 Å². The summed E-state index contributed by atoms with van der Waals surface area (Å²) in [5.41, 5.74) is 0.804. The predicted molar refractivity (Wildman–Crippen MR) is 88.8 cm³/mol. The van der Waals surface area contributed by atoms with Crippen LogP contribution in [0.1, 0.15) is 37.3 Å². The van der Waals surface area contributed by atoms with Crippen LogP contribution in [-0.4, -0.2) is 44.6 Å². The van der Waals surface area contributed by atoms with E-state index in [0.29, 0.717) is 11.7 Å². The smallest absolute Gasteiger partial charge is 0.496 e. The Morgan fingerprint density at radius 2 is 1.84 bits per heavy atom. The molecular weight excluding hydrogens is 333 g/mol. The molecule has 140 valence electrons. The van der Waals surface area contributed by atoms with E-state index in [1.165, 1.54) is 25.0 Å². The molecule has 1 saturated carbocycles. The average Bonchev–Trinajstić information content (AvgIpc) is 3.09. The molecule has 1 atom stereocenters. The van der Waals surface area contributed by atoms with E-state index in [-0.39, 0.29) is 11.8 Å². The highest BCUT2D eigenvalue weighted by Gasteiger charge is 2.35. The summed E-state index contributed by atoms with van der Waals surface area (Å²) in [4.78, 5) is 2.38. The highest BCUT2D eigenvalue weighted by Crippen LogP contribution is 2.44. The van der Waals surface area contributed by atoms with E-state index < -0.39 is 6.36 Å². The molecule has 1 heterocycles. The normalized spacial score (nSPS) is 21.3. The van der Waals surface area contributed by atoms with Crippen LogP contribution < -0.4 is 14.8 Å². The quantitative estimate of drug-likeness (QED) is 0.870. The van der Waals surface area contributed by atoms with Crippen LogP contribution in [0.15, 0.2) is 18.2 Å². The Bertz CT molecular complexity index is 568. The minimum absolute atomic E-state index is 0.0660. The Balaban J connectivity index is 1.95. The second-order valence-electron chi connectivity index (χ2n) is 6.73. The van der Waals surface area contributed by atoms with Crippen LogP contribution in [0.5, 0.6) is 11.5 Å². The van der Waals surface area contributed by atoms with Gasteiger partial charge in [0.1, 0.15) is 11.5 Å². The number of hydrogen-bond acceptors (Lipinski definition) is 4. The SMILES string of the molecule is COc1ccc(OC(F)(F)F)cc1[C@H](C1CCCC1)N1CCNCC1. The summed E-state index contributed by atoms with van der Waals surface area (Å²) in [7, 11) is 1.56. The van der Waals surface area contributed by atoms with Crippen molar-refractivity contribution in [3.05, 3.63) is 23.8 Å². The first-order valence-electron chi connectivity index (χ1n) is 8.86. The fourth-order valence-electron chi connectivity index (χ4n) is 4.12. The van der Waals surface area contributed by atoms with E-state index in [2.05, 4.69) is 15.0 Å². The van der Waals surface area contributed by atoms with Gasteiger partial charge >= 0.3 is 6.36 Å².